The Hall–Kier alpha value is -4.94. The summed E-state index contributed by atoms with van der Waals surface area (Å²) in [7, 11) is 0. The fourth-order valence-corrected chi connectivity index (χ4v) is 5.44. The molecule has 0 bridgehead atoms. The van der Waals surface area contributed by atoms with E-state index in [0.29, 0.717) is 35.9 Å². The summed E-state index contributed by atoms with van der Waals surface area (Å²) in [6.45, 7) is 3.46. The van der Waals surface area contributed by atoms with Gasteiger partial charge in [-0.05, 0) is 60.2 Å². The van der Waals surface area contributed by atoms with E-state index in [1.807, 2.05) is 22.9 Å². The molecule has 1 fully saturated rings. The Balaban J connectivity index is 1.41. The zero-order valence-electron chi connectivity index (χ0n) is 22.7. The standard InChI is InChI=1S/C32H29N5O4/c1-2-40-31(38)16-26-21(17-33)5-3-8-30(26)41-19-28-27-15-20(9-10-29(27)37(36-28)22-12-14-39-18-22)23-6-4-7-25-24(23)11-13-35-32(25)34/h3-11,13,15,22H,2,12,14,16,18-19H2,1H3,(H2,34,35). The van der Waals surface area contributed by atoms with Crippen LogP contribution in [0.5, 0.6) is 5.75 Å². The van der Waals surface area contributed by atoms with Crippen molar-refractivity contribution < 1.29 is 19.0 Å². The molecule has 6 rings (SSSR count). The van der Waals surface area contributed by atoms with Crippen LogP contribution in [0.1, 0.15) is 36.2 Å². The zero-order chi connectivity index (χ0) is 28.3. The maximum Gasteiger partial charge on any atom is 0.310 e. The fourth-order valence-electron chi connectivity index (χ4n) is 5.44. The molecular formula is C32H29N5O4. The molecule has 3 aromatic carbocycles. The molecule has 9 heteroatoms. The van der Waals surface area contributed by atoms with Gasteiger partial charge >= 0.3 is 5.97 Å². The highest BCUT2D eigenvalue weighted by Crippen LogP contribution is 2.35. The Kier molecular flexibility index (Phi) is 7.23. The van der Waals surface area contributed by atoms with E-state index in [0.717, 1.165) is 44.9 Å². The summed E-state index contributed by atoms with van der Waals surface area (Å²) in [5, 5.41) is 17.5. The second-order valence-electron chi connectivity index (χ2n) is 9.90. The van der Waals surface area contributed by atoms with Gasteiger partial charge in [0.2, 0.25) is 0 Å². The second-order valence-corrected chi connectivity index (χ2v) is 9.90. The summed E-state index contributed by atoms with van der Waals surface area (Å²) in [4.78, 5) is 16.5. The first kappa shape index (κ1) is 26.3. The minimum Gasteiger partial charge on any atom is -0.487 e. The summed E-state index contributed by atoms with van der Waals surface area (Å²) in [5.41, 5.74) is 10.8. The summed E-state index contributed by atoms with van der Waals surface area (Å²) in [6.07, 6.45) is 2.55. The molecule has 2 aromatic heterocycles. The lowest BCUT2D eigenvalue weighted by atomic mass is 9.97. The molecule has 1 aliphatic heterocycles. The lowest BCUT2D eigenvalue weighted by Crippen LogP contribution is -2.12. The van der Waals surface area contributed by atoms with Gasteiger partial charge in [-0.3, -0.25) is 9.48 Å². The number of rotatable bonds is 8. The van der Waals surface area contributed by atoms with Gasteiger partial charge in [0.25, 0.3) is 0 Å². The molecule has 5 aromatic rings. The Morgan fingerprint density at radius 3 is 2.83 bits per heavy atom. The van der Waals surface area contributed by atoms with Crippen molar-refractivity contribution in [3.05, 3.63) is 83.7 Å². The van der Waals surface area contributed by atoms with Crippen molar-refractivity contribution in [1.29, 1.82) is 5.26 Å². The first-order valence-electron chi connectivity index (χ1n) is 13.6. The van der Waals surface area contributed by atoms with Crippen LogP contribution in [-0.4, -0.2) is 40.6 Å². The maximum absolute atomic E-state index is 12.3. The van der Waals surface area contributed by atoms with E-state index in [2.05, 4.69) is 35.3 Å². The average molecular weight is 548 g/mol. The average Bonchev–Trinajstić information content (AvgIpc) is 3.65. The summed E-state index contributed by atoms with van der Waals surface area (Å²) in [5.74, 6) is 0.538. The molecule has 1 aliphatic rings. The van der Waals surface area contributed by atoms with Crippen molar-refractivity contribution >= 4 is 33.5 Å². The Morgan fingerprint density at radius 2 is 2.02 bits per heavy atom. The lowest BCUT2D eigenvalue weighted by molar-refractivity contribution is -0.142. The molecule has 1 atom stereocenters. The number of nitrogen functional groups attached to an aromatic ring is 1. The predicted molar refractivity (Wildman–Crippen MR) is 155 cm³/mol. The van der Waals surface area contributed by atoms with Crippen molar-refractivity contribution in [3.8, 4) is 22.9 Å². The first-order chi connectivity index (χ1) is 20.1. The van der Waals surface area contributed by atoms with E-state index in [1.54, 1.807) is 31.3 Å². The molecule has 0 radical (unpaired) electrons. The Bertz CT molecular complexity index is 1800. The smallest absolute Gasteiger partial charge is 0.310 e. The van der Waals surface area contributed by atoms with Gasteiger partial charge in [0.05, 0.1) is 42.8 Å². The molecule has 9 nitrogen and oxygen atoms in total. The third kappa shape index (κ3) is 5.06. The van der Waals surface area contributed by atoms with Crippen molar-refractivity contribution in [1.82, 2.24) is 14.8 Å². The van der Waals surface area contributed by atoms with Crippen LogP contribution in [0.4, 0.5) is 5.82 Å². The lowest BCUT2D eigenvalue weighted by Gasteiger charge is -2.12. The number of esters is 1. The van der Waals surface area contributed by atoms with Gasteiger partial charge in [-0.25, -0.2) is 4.98 Å². The topological polar surface area (TPSA) is 125 Å². The van der Waals surface area contributed by atoms with Crippen LogP contribution in [-0.2, 0) is 27.3 Å². The van der Waals surface area contributed by atoms with Crippen LogP contribution in [0.3, 0.4) is 0 Å². The number of hydrogen-bond donors (Lipinski definition) is 1. The van der Waals surface area contributed by atoms with E-state index in [4.69, 9.17) is 25.0 Å². The molecule has 0 aliphatic carbocycles. The van der Waals surface area contributed by atoms with Gasteiger partial charge in [-0.15, -0.1) is 0 Å². The molecular weight excluding hydrogens is 518 g/mol. The highest BCUT2D eigenvalue weighted by atomic mass is 16.5. The number of fused-ring (bicyclic) bond motifs is 2. The van der Waals surface area contributed by atoms with Gasteiger partial charge in [0, 0.05) is 29.1 Å². The van der Waals surface area contributed by atoms with Crippen molar-refractivity contribution in [3.63, 3.8) is 0 Å². The number of anilines is 1. The van der Waals surface area contributed by atoms with Gasteiger partial charge < -0.3 is 19.9 Å². The molecule has 0 saturated carbocycles. The van der Waals surface area contributed by atoms with Gasteiger partial charge in [-0.2, -0.15) is 10.4 Å². The number of nitrogens with zero attached hydrogens (tertiary/aromatic N) is 4. The van der Waals surface area contributed by atoms with Crippen LogP contribution in [0.2, 0.25) is 0 Å². The van der Waals surface area contributed by atoms with Crippen LogP contribution >= 0.6 is 0 Å². The Morgan fingerprint density at radius 1 is 1.15 bits per heavy atom. The van der Waals surface area contributed by atoms with E-state index in [-0.39, 0.29) is 25.7 Å². The molecule has 0 amide bonds. The van der Waals surface area contributed by atoms with Crippen LogP contribution < -0.4 is 10.5 Å². The van der Waals surface area contributed by atoms with Crippen LogP contribution in [0.15, 0.2) is 66.9 Å². The second kappa shape index (κ2) is 11.3. The van der Waals surface area contributed by atoms with Gasteiger partial charge in [0.1, 0.15) is 23.9 Å². The first-order valence-corrected chi connectivity index (χ1v) is 13.6. The molecule has 1 unspecified atom stereocenters. The highest BCUT2D eigenvalue weighted by Gasteiger charge is 2.24. The van der Waals surface area contributed by atoms with Gasteiger partial charge in [0.15, 0.2) is 0 Å². The molecule has 206 valence electrons. The largest absolute Gasteiger partial charge is 0.487 e. The normalized spacial score (nSPS) is 14.8. The quantitative estimate of drug-likeness (QED) is 0.258. The number of carbonyl (C=O) groups excluding carboxylic acids is 1. The minimum absolute atomic E-state index is 0.0509. The molecule has 2 N–H and O–H groups in total. The third-order valence-corrected chi connectivity index (χ3v) is 7.43. The van der Waals surface area contributed by atoms with Gasteiger partial charge in [-0.1, -0.05) is 30.3 Å². The summed E-state index contributed by atoms with van der Waals surface area (Å²) in [6, 6.07) is 21.8. The van der Waals surface area contributed by atoms with E-state index in [9.17, 15) is 10.1 Å². The van der Waals surface area contributed by atoms with Crippen LogP contribution in [0, 0.1) is 11.3 Å². The van der Waals surface area contributed by atoms with Crippen LogP contribution in [0.25, 0.3) is 32.8 Å². The predicted octanol–water partition coefficient (Wildman–Crippen LogP) is 5.35. The summed E-state index contributed by atoms with van der Waals surface area (Å²) < 4.78 is 19.1. The highest BCUT2D eigenvalue weighted by molar-refractivity contribution is 6.02. The number of hydrogen-bond acceptors (Lipinski definition) is 8. The third-order valence-electron chi connectivity index (χ3n) is 7.43. The molecule has 0 spiro atoms. The number of nitrogens with two attached hydrogens (primary N) is 1. The van der Waals surface area contributed by atoms with Crippen molar-refractivity contribution in [2.75, 3.05) is 25.6 Å². The number of nitriles is 1. The number of benzene rings is 3. The van der Waals surface area contributed by atoms with Crippen molar-refractivity contribution in [2.24, 2.45) is 0 Å². The molecule has 3 heterocycles. The van der Waals surface area contributed by atoms with E-state index < -0.39 is 5.97 Å². The summed E-state index contributed by atoms with van der Waals surface area (Å²) >= 11 is 0. The number of ether oxygens (including phenoxy) is 3. The SMILES string of the molecule is CCOC(=O)Cc1c(C#N)cccc1OCc1nn(C2CCOC2)c2ccc(-c3cccc4c(N)nccc34)cc12. The minimum atomic E-state index is -0.411. The zero-order valence-corrected chi connectivity index (χ0v) is 22.7. The number of pyridine rings is 1. The maximum atomic E-state index is 12.3. The Labute approximate surface area is 237 Å². The number of carbonyl (C=O) groups is 1. The number of aromatic nitrogens is 3. The van der Waals surface area contributed by atoms with E-state index >= 15 is 0 Å². The van der Waals surface area contributed by atoms with E-state index in [1.165, 1.54) is 0 Å². The monoisotopic (exact) mass is 547 g/mol. The van der Waals surface area contributed by atoms with Crippen molar-refractivity contribution in [2.45, 2.75) is 32.4 Å². The molecule has 1 saturated heterocycles. The fraction of sp³-hybridized carbons (Fsp3) is 0.250. The molecule has 41 heavy (non-hydrogen) atoms.